The Morgan fingerprint density at radius 1 is 1.15 bits per heavy atom. The molecule has 0 bridgehead atoms. The summed E-state index contributed by atoms with van der Waals surface area (Å²) in [7, 11) is 1.71. The fraction of sp³-hybridized carbons (Fsp3) is 0.600. The highest BCUT2D eigenvalue weighted by Crippen LogP contribution is 2.25. The number of benzene rings is 1. The molecular formula is C25H36N2O7. The molecule has 3 rings (SSSR count). The van der Waals surface area contributed by atoms with E-state index in [1.54, 1.807) is 19.2 Å². The average Bonchev–Trinajstić information content (AvgIpc) is 3.31. The zero-order chi connectivity index (χ0) is 25.5. The van der Waals surface area contributed by atoms with Gasteiger partial charge in [-0.3, -0.25) is 19.2 Å². The summed E-state index contributed by atoms with van der Waals surface area (Å²) in [6, 6.07) is 5.30. The number of esters is 1. The van der Waals surface area contributed by atoms with Gasteiger partial charge in [0.15, 0.2) is 18.5 Å². The second kappa shape index (κ2) is 12.1. The van der Waals surface area contributed by atoms with E-state index < -0.39 is 24.1 Å². The molecule has 2 heterocycles. The highest BCUT2D eigenvalue weighted by molar-refractivity contribution is 6.01. The highest BCUT2D eigenvalue weighted by atomic mass is 16.6. The highest BCUT2D eigenvalue weighted by Gasteiger charge is 2.38. The number of carbonyl (C=O) groups is 4. The molecule has 2 aliphatic heterocycles. The monoisotopic (exact) mass is 476 g/mol. The van der Waals surface area contributed by atoms with Gasteiger partial charge in [-0.25, -0.2) is 0 Å². The first-order valence-corrected chi connectivity index (χ1v) is 11.5. The van der Waals surface area contributed by atoms with Gasteiger partial charge in [-0.15, -0.1) is 0 Å². The molecule has 9 heteroatoms. The number of carbonyl (C=O) groups excluding carboxylic acids is 4. The number of aldehydes is 1. The van der Waals surface area contributed by atoms with Crippen LogP contribution >= 0.6 is 0 Å². The molecule has 0 spiro atoms. The van der Waals surface area contributed by atoms with Gasteiger partial charge in [0, 0.05) is 44.9 Å². The van der Waals surface area contributed by atoms with Crippen LogP contribution in [0.4, 0.5) is 5.69 Å². The Morgan fingerprint density at radius 3 is 2.29 bits per heavy atom. The second-order valence-electron chi connectivity index (χ2n) is 9.36. The van der Waals surface area contributed by atoms with E-state index >= 15 is 0 Å². The van der Waals surface area contributed by atoms with Crippen LogP contribution in [-0.4, -0.2) is 80.1 Å². The maximum atomic E-state index is 12.9. The minimum atomic E-state index is -1.30. The molecule has 2 atom stereocenters. The molecule has 0 radical (unpaired) electrons. The van der Waals surface area contributed by atoms with Crippen LogP contribution in [0.25, 0.3) is 0 Å². The van der Waals surface area contributed by atoms with Gasteiger partial charge in [-0.2, -0.15) is 0 Å². The van der Waals surface area contributed by atoms with Crippen LogP contribution in [0, 0.1) is 6.92 Å². The van der Waals surface area contributed by atoms with E-state index in [2.05, 4.69) is 0 Å². The number of anilines is 1. The predicted octanol–water partition coefficient (Wildman–Crippen LogP) is 2.52. The van der Waals surface area contributed by atoms with Gasteiger partial charge in [0.1, 0.15) is 0 Å². The van der Waals surface area contributed by atoms with Gasteiger partial charge >= 0.3 is 5.97 Å². The second-order valence-corrected chi connectivity index (χ2v) is 9.36. The number of ether oxygens (including phenoxy) is 3. The third-order valence-corrected chi connectivity index (χ3v) is 5.48. The molecule has 2 aliphatic rings. The van der Waals surface area contributed by atoms with E-state index in [-0.39, 0.29) is 24.7 Å². The number of hydrogen-bond acceptors (Lipinski definition) is 7. The fourth-order valence-corrected chi connectivity index (χ4v) is 3.60. The first-order chi connectivity index (χ1) is 16.0. The van der Waals surface area contributed by atoms with Crippen molar-refractivity contribution in [1.29, 1.82) is 0 Å². The lowest BCUT2D eigenvalue weighted by Crippen LogP contribution is -2.54. The van der Waals surface area contributed by atoms with Crippen LogP contribution < -0.4 is 4.90 Å². The number of methoxy groups -OCH3 is 1. The van der Waals surface area contributed by atoms with Crippen LogP contribution in [0.2, 0.25) is 0 Å². The number of rotatable bonds is 5. The van der Waals surface area contributed by atoms with Gasteiger partial charge in [-0.05, 0) is 64.3 Å². The van der Waals surface area contributed by atoms with Crippen molar-refractivity contribution in [3.63, 3.8) is 0 Å². The number of hydrogen-bond donors (Lipinski definition) is 0. The van der Waals surface area contributed by atoms with Gasteiger partial charge in [0.25, 0.3) is 11.8 Å². The molecule has 0 N–H and O–H groups in total. The van der Waals surface area contributed by atoms with E-state index in [0.717, 1.165) is 31.5 Å². The SMILES string of the molecule is CC(=O)OC(C=O)[C@H]1OCCN(c2cc(C)cc(C(=O)N3CCCC3)c2)C1=O.COC(C)(C)C. The van der Waals surface area contributed by atoms with Gasteiger partial charge < -0.3 is 24.0 Å². The minimum absolute atomic E-state index is 0.0417. The van der Waals surface area contributed by atoms with Crippen molar-refractivity contribution in [2.75, 3.05) is 38.3 Å². The number of amides is 2. The maximum Gasteiger partial charge on any atom is 0.303 e. The maximum absolute atomic E-state index is 12.9. The van der Waals surface area contributed by atoms with E-state index in [1.165, 1.54) is 11.8 Å². The van der Waals surface area contributed by atoms with E-state index in [1.807, 2.05) is 38.7 Å². The topological polar surface area (TPSA) is 102 Å². The first-order valence-electron chi connectivity index (χ1n) is 11.5. The van der Waals surface area contributed by atoms with E-state index in [9.17, 15) is 19.2 Å². The molecule has 188 valence electrons. The van der Waals surface area contributed by atoms with E-state index in [4.69, 9.17) is 14.2 Å². The molecule has 0 aromatic heterocycles. The van der Waals surface area contributed by atoms with Crippen molar-refractivity contribution >= 4 is 29.8 Å². The molecule has 9 nitrogen and oxygen atoms in total. The predicted molar refractivity (Wildman–Crippen MR) is 127 cm³/mol. The summed E-state index contributed by atoms with van der Waals surface area (Å²) >= 11 is 0. The van der Waals surface area contributed by atoms with Gasteiger partial charge in [0.05, 0.1) is 12.2 Å². The van der Waals surface area contributed by atoms with E-state index in [0.29, 0.717) is 17.5 Å². The van der Waals surface area contributed by atoms with Gasteiger partial charge in [-0.1, -0.05) is 0 Å². The largest absolute Gasteiger partial charge is 0.451 e. The zero-order valence-electron chi connectivity index (χ0n) is 21.0. The Labute approximate surface area is 201 Å². The summed E-state index contributed by atoms with van der Waals surface area (Å²) in [5.41, 5.74) is 1.98. The Kier molecular flexibility index (Phi) is 9.76. The lowest BCUT2D eigenvalue weighted by Gasteiger charge is -2.34. The molecule has 34 heavy (non-hydrogen) atoms. The summed E-state index contributed by atoms with van der Waals surface area (Å²) in [5.74, 6) is -1.19. The first kappa shape index (κ1) is 27.5. The third-order valence-electron chi connectivity index (χ3n) is 5.48. The number of morpholine rings is 1. The quantitative estimate of drug-likeness (QED) is 0.475. The summed E-state index contributed by atoms with van der Waals surface area (Å²) in [5, 5.41) is 0. The molecule has 2 amide bonds. The minimum Gasteiger partial charge on any atom is -0.451 e. The lowest BCUT2D eigenvalue weighted by atomic mass is 10.1. The molecule has 1 aromatic rings. The molecule has 0 saturated carbocycles. The van der Waals surface area contributed by atoms with Crippen molar-refractivity contribution < 1.29 is 33.4 Å². The third kappa shape index (κ3) is 7.63. The fourth-order valence-electron chi connectivity index (χ4n) is 3.60. The molecule has 1 aromatic carbocycles. The normalized spacial score (nSPS) is 19.2. The summed E-state index contributed by atoms with van der Waals surface area (Å²) in [6.07, 6.45) is -0.114. The van der Waals surface area contributed by atoms with Crippen LogP contribution in [0.3, 0.4) is 0 Å². The van der Waals surface area contributed by atoms with Crippen LogP contribution in [0.15, 0.2) is 18.2 Å². The van der Waals surface area contributed by atoms with Crippen molar-refractivity contribution in [1.82, 2.24) is 4.90 Å². The Bertz CT molecular complexity index is 888. The molecule has 2 saturated heterocycles. The Hall–Kier alpha value is -2.78. The molecule has 0 aliphatic carbocycles. The van der Waals surface area contributed by atoms with Crippen molar-refractivity contribution in [3.8, 4) is 0 Å². The van der Waals surface area contributed by atoms with Gasteiger partial charge in [0.2, 0.25) is 0 Å². The standard InChI is InChI=1S/C20H24N2O6.C5H12O/c1-13-9-15(19(25)21-5-3-4-6-21)11-16(10-13)22-7-8-27-18(20(22)26)17(12-23)28-14(2)24;1-5(2,3)6-4/h9-12,17-18H,3-8H2,1-2H3;1-4H3/t17?,18-;/m1./s1. The number of aryl methyl sites for hydroxylation is 1. The van der Waals surface area contributed by atoms with Crippen LogP contribution in [0.5, 0.6) is 0 Å². The average molecular weight is 477 g/mol. The van der Waals surface area contributed by atoms with Crippen molar-refractivity contribution in [2.24, 2.45) is 0 Å². The molecule has 2 fully saturated rings. The molecular weight excluding hydrogens is 440 g/mol. The van der Waals surface area contributed by atoms with Crippen LogP contribution in [0.1, 0.15) is 56.5 Å². The number of nitrogens with zero attached hydrogens (tertiary/aromatic N) is 2. The summed E-state index contributed by atoms with van der Waals surface area (Å²) in [6.45, 7) is 11.0. The Balaban J connectivity index is 0.000000604. The lowest BCUT2D eigenvalue weighted by molar-refractivity contribution is -0.164. The van der Waals surface area contributed by atoms with Crippen molar-refractivity contribution in [2.45, 2.75) is 65.3 Å². The molecule has 1 unspecified atom stereocenters. The number of likely N-dealkylation sites (tertiary alicyclic amines) is 1. The Morgan fingerprint density at radius 2 is 1.76 bits per heavy atom. The van der Waals surface area contributed by atoms with Crippen LogP contribution in [-0.2, 0) is 28.6 Å². The zero-order valence-corrected chi connectivity index (χ0v) is 21.0. The summed E-state index contributed by atoms with van der Waals surface area (Å²) < 4.78 is 15.3. The smallest absolute Gasteiger partial charge is 0.303 e. The summed E-state index contributed by atoms with van der Waals surface area (Å²) in [4.78, 5) is 51.4. The van der Waals surface area contributed by atoms with Crippen molar-refractivity contribution in [3.05, 3.63) is 29.3 Å².